The van der Waals surface area contributed by atoms with Crippen molar-refractivity contribution in [1.29, 1.82) is 0 Å². The summed E-state index contributed by atoms with van der Waals surface area (Å²) >= 11 is 3.45. The van der Waals surface area contributed by atoms with E-state index in [1.54, 1.807) is 0 Å². The van der Waals surface area contributed by atoms with Gasteiger partial charge in [0.1, 0.15) is 0 Å². The van der Waals surface area contributed by atoms with E-state index in [2.05, 4.69) is 26.1 Å². The fourth-order valence-electron chi connectivity index (χ4n) is 1.75. The molecule has 0 amide bonds. The largest absolute Gasteiger partial charge is 0.476 e. The van der Waals surface area contributed by atoms with Crippen LogP contribution in [0.4, 0.5) is 0 Å². The van der Waals surface area contributed by atoms with Gasteiger partial charge >= 0.3 is 5.97 Å². The Morgan fingerprint density at radius 1 is 1.39 bits per heavy atom. The van der Waals surface area contributed by atoms with Crippen LogP contribution >= 0.6 is 15.9 Å². The number of rotatable bonds is 2. The number of halogens is 1. The zero-order valence-corrected chi connectivity index (χ0v) is 10.6. The molecule has 0 aliphatic rings. The molecule has 3 rings (SSSR count). The number of nitrogens with zero attached hydrogens (tertiary/aromatic N) is 1. The quantitative estimate of drug-likeness (QED) is 0.761. The third-order valence-corrected chi connectivity index (χ3v) is 3.30. The Bertz CT molecular complexity index is 745. The standard InChI is InChI=1S/C12H7BrN2O3/c13-7-2-1-3-8-6(7)4-9(14-8)11-5-10(12(16)17)15-18-11/h1-5,14H,(H,16,17). The lowest BCUT2D eigenvalue weighted by atomic mass is 10.2. The van der Waals surface area contributed by atoms with E-state index < -0.39 is 5.97 Å². The molecule has 0 atom stereocenters. The van der Waals surface area contributed by atoms with Crippen molar-refractivity contribution in [3.05, 3.63) is 40.5 Å². The first-order valence-corrected chi connectivity index (χ1v) is 5.92. The fraction of sp³-hybridized carbons (Fsp3) is 0. The second-order valence-electron chi connectivity index (χ2n) is 3.77. The van der Waals surface area contributed by atoms with Crippen LogP contribution in [0.15, 0.2) is 39.3 Å². The predicted molar refractivity (Wildman–Crippen MR) is 68.5 cm³/mol. The zero-order chi connectivity index (χ0) is 12.7. The summed E-state index contributed by atoms with van der Waals surface area (Å²) in [6, 6.07) is 9.04. The molecule has 0 aliphatic carbocycles. The van der Waals surface area contributed by atoms with E-state index in [1.807, 2.05) is 24.3 Å². The van der Waals surface area contributed by atoms with E-state index >= 15 is 0 Å². The molecule has 2 heterocycles. The summed E-state index contributed by atoms with van der Waals surface area (Å²) in [5, 5.41) is 13.3. The Kier molecular flexibility index (Phi) is 2.45. The van der Waals surface area contributed by atoms with Gasteiger partial charge in [-0.2, -0.15) is 0 Å². The lowest BCUT2D eigenvalue weighted by Gasteiger charge is -1.90. The van der Waals surface area contributed by atoms with E-state index in [0.29, 0.717) is 11.5 Å². The monoisotopic (exact) mass is 306 g/mol. The fourth-order valence-corrected chi connectivity index (χ4v) is 2.23. The number of carboxylic acid groups (broad SMARTS) is 1. The Hall–Kier alpha value is -2.08. The van der Waals surface area contributed by atoms with Crippen LogP contribution in [-0.2, 0) is 0 Å². The topological polar surface area (TPSA) is 79.1 Å². The summed E-state index contributed by atoms with van der Waals surface area (Å²) in [5.74, 6) is -0.710. The SMILES string of the molecule is O=C(O)c1cc(-c2cc3c(Br)cccc3[nH]2)on1. The van der Waals surface area contributed by atoms with Crippen LogP contribution in [0.5, 0.6) is 0 Å². The van der Waals surface area contributed by atoms with Crippen LogP contribution in [0, 0.1) is 0 Å². The minimum atomic E-state index is -1.11. The molecule has 3 aromatic rings. The molecular weight excluding hydrogens is 300 g/mol. The van der Waals surface area contributed by atoms with E-state index in [-0.39, 0.29) is 5.69 Å². The zero-order valence-electron chi connectivity index (χ0n) is 8.98. The molecule has 5 nitrogen and oxygen atoms in total. The molecule has 90 valence electrons. The van der Waals surface area contributed by atoms with Crippen molar-refractivity contribution >= 4 is 32.8 Å². The van der Waals surface area contributed by atoms with Crippen LogP contribution in [0.1, 0.15) is 10.5 Å². The van der Waals surface area contributed by atoms with E-state index in [9.17, 15) is 4.79 Å². The highest BCUT2D eigenvalue weighted by Crippen LogP contribution is 2.29. The molecular formula is C12H7BrN2O3. The molecule has 0 aliphatic heterocycles. The minimum absolute atomic E-state index is 0.109. The maximum absolute atomic E-state index is 10.7. The molecule has 0 saturated carbocycles. The minimum Gasteiger partial charge on any atom is -0.476 e. The van der Waals surface area contributed by atoms with Gasteiger partial charge in [-0.05, 0) is 18.2 Å². The maximum atomic E-state index is 10.7. The van der Waals surface area contributed by atoms with Crippen molar-refractivity contribution < 1.29 is 14.4 Å². The van der Waals surface area contributed by atoms with Crippen molar-refractivity contribution in [3.63, 3.8) is 0 Å². The van der Waals surface area contributed by atoms with Crippen LogP contribution in [0.2, 0.25) is 0 Å². The third-order valence-electron chi connectivity index (χ3n) is 2.61. The van der Waals surface area contributed by atoms with Gasteiger partial charge in [-0.1, -0.05) is 27.2 Å². The summed E-state index contributed by atoms with van der Waals surface area (Å²) < 4.78 is 5.96. The highest BCUT2D eigenvalue weighted by molar-refractivity contribution is 9.10. The first-order chi connectivity index (χ1) is 8.65. The summed E-state index contributed by atoms with van der Waals surface area (Å²) in [6.45, 7) is 0. The lowest BCUT2D eigenvalue weighted by Crippen LogP contribution is -1.94. The molecule has 0 fully saturated rings. The van der Waals surface area contributed by atoms with Crippen LogP contribution in [-0.4, -0.2) is 21.2 Å². The first-order valence-electron chi connectivity index (χ1n) is 5.13. The van der Waals surface area contributed by atoms with E-state index in [4.69, 9.17) is 9.63 Å². The van der Waals surface area contributed by atoms with Crippen molar-refractivity contribution in [2.45, 2.75) is 0 Å². The van der Waals surface area contributed by atoms with Gasteiger partial charge in [0.2, 0.25) is 0 Å². The number of aromatic amines is 1. The molecule has 0 bridgehead atoms. The van der Waals surface area contributed by atoms with Crippen molar-refractivity contribution in [2.75, 3.05) is 0 Å². The number of hydrogen-bond donors (Lipinski definition) is 2. The number of aromatic nitrogens is 2. The molecule has 0 saturated heterocycles. The lowest BCUT2D eigenvalue weighted by molar-refractivity contribution is 0.0686. The van der Waals surface area contributed by atoms with Crippen LogP contribution < -0.4 is 0 Å². The second kappa shape index (κ2) is 3.99. The number of nitrogens with one attached hydrogen (secondary N) is 1. The first kappa shape index (κ1) is 11.0. The normalized spacial score (nSPS) is 10.9. The number of hydrogen-bond acceptors (Lipinski definition) is 3. The smallest absolute Gasteiger partial charge is 0.358 e. The summed E-state index contributed by atoms with van der Waals surface area (Å²) in [5.41, 5.74) is 1.52. The summed E-state index contributed by atoms with van der Waals surface area (Å²) in [4.78, 5) is 13.9. The number of carboxylic acids is 1. The van der Waals surface area contributed by atoms with Gasteiger partial charge in [-0.15, -0.1) is 0 Å². The maximum Gasteiger partial charge on any atom is 0.358 e. The summed E-state index contributed by atoms with van der Waals surface area (Å²) in [7, 11) is 0. The molecule has 2 aromatic heterocycles. The molecule has 2 N–H and O–H groups in total. The highest BCUT2D eigenvalue weighted by atomic mass is 79.9. The summed E-state index contributed by atoms with van der Waals surface area (Å²) in [6.07, 6.45) is 0. The van der Waals surface area contributed by atoms with Gasteiger partial charge in [-0.25, -0.2) is 4.79 Å². The highest BCUT2D eigenvalue weighted by Gasteiger charge is 2.14. The Morgan fingerprint density at radius 3 is 2.89 bits per heavy atom. The number of benzene rings is 1. The van der Waals surface area contributed by atoms with Crippen LogP contribution in [0.25, 0.3) is 22.4 Å². The van der Waals surface area contributed by atoms with Crippen molar-refractivity contribution in [2.24, 2.45) is 0 Å². The van der Waals surface area contributed by atoms with Gasteiger partial charge in [0.15, 0.2) is 11.5 Å². The van der Waals surface area contributed by atoms with Gasteiger partial charge < -0.3 is 14.6 Å². The average molecular weight is 307 g/mol. The van der Waals surface area contributed by atoms with Crippen LogP contribution in [0.3, 0.4) is 0 Å². The average Bonchev–Trinajstić information content (AvgIpc) is 2.95. The Morgan fingerprint density at radius 2 is 2.22 bits per heavy atom. The Balaban J connectivity index is 2.13. The molecule has 0 radical (unpaired) electrons. The van der Waals surface area contributed by atoms with Gasteiger partial charge in [0.25, 0.3) is 0 Å². The predicted octanol–water partition coefficient (Wildman–Crippen LogP) is 3.28. The molecule has 6 heteroatoms. The molecule has 0 unspecified atom stereocenters. The molecule has 1 aromatic carbocycles. The van der Waals surface area contributed by atoms with Gasteiger partial charge in [-0.3, -0.25) is 0 Å². The molecule has 0 spiro atoms. The van der Waals surface area contributed by atoms with Gasteiger partial charge in [0, 0.05) is 21.4 Å². The van der Waals surface area contributed by atoms with Crippen molar-refractivity contribution in [3.8, 4) is 11.5 Å². The van der Waals surface area contributed by atoms with Gasteiger partial charge in [0.05, 0.1) is 5.69 Å². The van der Waals surface area contributed by atoms with E-state index in [0.717, 1.165) is 15.4 Å². The number of H-pyrrole nitrogens is 1. The molecule has 18 heavy (non-hydrogen) atoms. The number of carbonyl (C=O) groups is 1. The Labute approximate surface area is 110 Å². The van der Waals surface area contributed by atoms with Crippen molar-refractivity contribution in [1.82, 2.24) is 10.1 Å². The van der Waals surface area contributed by atoms with E-state index in [1.165, 1.54) is 6.07 Å². The number of aromatic carboxylic acids is 1. The number of fused-ring (bicyclic) bond motifs is 1. The second-order valence-corrected chi connectivity index (χ2v) is 4.62. The third kappa shape index (κ3) is 1.70.